The molecule has 0 unspecified atom stereocenters. The van der Waals surface area contributed by atoms with Crippen LogP contribution in [-0.4, -0.2) is 29.2 Å². The normalized spacial score (nSPS) is 11.2. The lowest BCUT2D eigenvalue weighted by atomic mass is 10.1. The first kappa shape index (κ1) is 14.7. The molecule has 0 aliphatic carbocycles. The fourth-order valence-corrected chi connectivity index (χ4v) is 2.08. The number of hydrogen-bond acceptors (Lipinski definition) is 5. The van der Waals surface area contributed by atoms with Crippen molar-refractivity contribution in [1.82, 2.24) is 15.1 Å². The zero-order valence-corrected chi connectivity index (χ0v) is 13.6. The summed E-state index contributed by atoms with van der Waals surface area (Å²) in [7, 11) is 3.83. The van der Waals surface area contributed by atoms with Gasteiger partial charge in [0.05, 0.1) is 15.9 Å². The van der Waals surface area contributed by atoms with Gasteiger partial charge < -0.3 is 9.42 Å². The summed E-state index contributed by atoms with van der Waals surface area (Å²) in [5, 5.41) is 3.99. The van der Waals surface area contributed by atoms with Gasteiger partial charge in [0.25, 0.3) is 0 Å². The molecule has 2 heterocycles. The molecule has 0 atom stereocenters. The van der Waals surface area contributed by atoms with Gasteiger partial charge in [-0.05, 0) is 35.0 Å². The van der Waals surface area contributed by atoms with Gasteiger partial charge in [0.15, 0.2) is 0 Å². The van der Waals surface area contributed by atoms with E-state index in [9.17, 15) is 0 Å². The molecule has 20 heavy (non-hydrogen) atoms. The molecule has 2 aromatic heterocycles. The molecule has 0 aliphatic heterocycles. The van der Waals surface area contributed by atoms with Crippen molar-refractivity contribution in [3.63, 3.8) is 0 Å². The zero-order valence-electron chi connectivity index (χ0n) is 12.0. The average Bonchev–Trinajstić information content (AvgIpc) is 2.78. The van der Waals surface area contributed by atoms with Crippen molar-refractivity contribution in [3.05, 3.63) is 33.4 Å². The number of hydrogen-bond donors (Lipinski definition) is 0. The van der Waals surface area contributed by atoms with Crippen molar-refractivity contribution in [2.45, 2.75) is 20.3 Å². The summed E-state index contributed by atoms with van der Waals surface area (Å²) in [6.07, 6.45) is 6.49. The Morgan fingerprint density at radius 2 is 2.10 bits per heavy atom. The maximum Gasteiger partial charge on any atom is 0.225 e. The number of aryl methyl sites for hydroxylation is 2. The SMILES string of the molecule is CCc1onc(C)c1/C=C/c1nc(N(C)C)ncc1Br. The van der Waals surface area contributed by atoms with Crippen LogP contribution in [0.2, 0.25) is 0 Å². The Morgan fingerprint density at radius 3 is 2.75 bits per heavy atom. The van der Waals surface area contributed by atoms with Crippen LogP contribution in [0.25, 0.3) is 12.2 Å². The second kappa shape index (κ2) is 6.17. The Kier molecular flexibility index (Phi) is 4.54. The van der Waals surface area contributed by atoms with Crippen LogP contribution in [0.1, 0.15) is 29.6 Å². The van der Waals surface area contributed by atoms with Gasteiger partial charge in [0, 0.05) is 32.3 Å². The lowest BCUT2D eigenvalue weighted by Gasteiger charge is -2.10. The van der Waals surface area contributed by atoms with Gasteiger partial charge in [-0.25, -0.2) is 9.97 Å². The summed E-state index contributed by atoms with van der Waals surface area (Å²) >= 11 is 3.46. The van der Waals surface area contributed by atoms with Gasteiger partial charge in [-0.15, -0.1) is 0 Å². The van der Waals surface area contributed by atoms with Crippen LogP contribution in [-0.2, 0) is 6.42 Å². The zero-order chi connectivity index (χ0) is 14.7. The molecular formula is C14H17BrN4O. The van der Waals surface area contributed by atoms with Crippen LogP contribution in [0.4, 0.5) is 5.95 Å². The van der Waals surface area contributed by atoms with Gasteiger partial charge in [0.1, 0.15) is 5.76 Å². The molecule has 2 aromatic rings. The third-order valence-corrected chi connectivity index (χ3v) is 3.48. The van der Waals surface area contributed by atoms with Crippen LogP contribution in [0.3, 0.4) is 0 Å². The Labute approximate surface area is 126 Å². The monoisotopic (exact) mass is 336 g/mol. The van der Waals surface area contributed by atoms with Gasteiger partial charge in [0.2, 0.25) is 5.95 Å². The van der Waals surface area contributed by atoms with Gasteiger partial charge in [-0.3, -0.25) is 0 Å². The quantitative estimate of drug-likeness (QED) is 0.857. The number of rotatable bonds is 4. The summed E-state index contributed by atoms with van der Waals surface area (Å²) in [5.74, 6) is 1.56. The number of halogens is 1. The van der Waals surface area contributed by atoms with Crippen molar-refractivity contribution >= 4 is 34.0 Å². The number of aromatic nitrogens is 3. The van der Waals surface area contributed by atoms with Crippen molar-refractivity contribution in [2.24, 2.45) is 0 Å². The minimum absolute atomic E-state index is 0.672. The first-order valence-electron chi connectivity index (χ1n) is 6.36. The van der Waals surface area contributed by atoms with Gasteiger partial charge in [-0.2, -0.15) is 0 Å². The molecule has 0 aromatic carbocycles. The van der Waals surface area contributed by atoms with Crippen molar-refractivity contribution < 1.29 is 4.52 Å². The maximum atomic E-state index is 5.27. The Morgan fingerprint density at radius 1 is 1.35 bits per heavy atom. The van der Waals surface area contributed by atoms with E-state index in [0.29, 0.717) is 5.95 Å². The minimum Gasteiger partial charge on any atom is -0.361 e. The molecular weight excluding hydrogens is 320 g/mol. The topological polar surface area (TPSA) is 55.1 Å². The molecule has 0 amide bonds. The standard InChI is InChI=1S/C14H17BrN4O/c1-5-13-10(9(2)18-20-13)6-7-12-11(15)8-16-14(17-12)19(3)4/h6-8H,5H2,1-4H3/b7-6+. The summed E-state index contributed by atoms with van der Waals surface area (Å²) in [6, 6.07) is 0. The molecule has 0 N–H and O–H groups in total. The van der Waals surface area contributed by atoms with E-state index in [4.69, 9.17) is 4.52 Å². The fraction of sp³-hybridized carbons (Fsp3) is 0.357. The van der Waals surface area contributed by atoms with Crippen LogP contribution < -0.4 is 4.90 Å². The van der Waals surface area contributed by atoms with E-state index in [0.717, 1.165) is 33.6 Å². The third kappa shape index (κ3) is 3.07. The van der Waals surface area contributed by atoms with E-state index in [-0.39, 0.29) is 0 Å². The number of nitrogens with zero attached hydrogens (tertiary/aromatic N) is 4. The first-order chi connectivity index (χ1) is 9.52. The largest absolute Gasteiger partial charge is 0.361 e. The molecule has 106 valence electrons. The van der Waals surface area contributed by atoms with E-state index >= 15 is 0 Å². The third-order valence-electron chi connectivity index (χ3n) is 2.87. The van der Waals surface area contributed by atoms with E-state index < -0.39 is 0 Å². The van der Waals surface area contributed by atoms with E-state index in [1.54, 1.807) is 6.20 Å². The Balaban J connectivity index is 2.36. The lowest BCUT2D eigenvalue weighted by Crippen LogP contribution is -2.13. The Hall–Kier alpha value is -1.69. The average molecular weight is 337 g/mol. The molecule has 0 saturated heterocycles. The molecule has 5 nitrogen and oxygen atoms in total. The smallest absolute Gasteiger partial charge is 0.225 e. The Bertz CT molecular complexity index is 634. The van der Waals surface area contributed by atoms with Gasteiger partial charge >= 0.3 is 0 Å². The van der Waals surface area contributed by atoms with Crippen LogP contribution in [0.5, 0.6) is 0 Å². The van der Waals surface area contributed by atoms with Crippen LogP contribution in [0, 0.1) is 6.92 Å². The second-order valence-electron chi connectivity index (χ2n) is 4.59. The molecule has 2 rings (SSSR count). The highest BCUT2D eigenvalue weighted by Gasteiger charge is 2.09. The summed E-state index contributed by atoms with van der Waals surface area (Å²) in [6.45, 7) is 3.98. The minimum atomic E-state index is 0.672. The molecule has 0 aliphatic rings. The van der Waals surface area contributed by atoms with E-state index in [2.05, 4.69) is 31.1 Å². The highest BCUT2D eigenvalue weighted by molar-refractivity contribution is 9.10. The van der Waals surface area contributed by atoms with Crippen molar-refractivity contribution in [2.75, 3.05) is 19.0 Å². The van der Waals surface area contributed by atoms with Crippen LogP contribution in [0.15, 0.2) is 15.2 Å². The highest BCUT2D eigenvalue weighted by atomic mass is 79.9. The molecule has 6 heteroatoms. The fourth-order valence-electron chi connectivity index (χ4n) is 1.76. The highest BCUT2D eigenvalue weighted by Crippen LogP contribution is 2.21. The lowest BCUT2D eigenvalue weighted by molar-refractivity contribution is 0.383. The van der Waals surface area contributed by atoms with E-state index in [1.807, 2.05) is 45.0 Å². The van der Waals surface area contributed by atoms with Crippen LogP contribution >= 0.6 is 15.9 Å². The number of anilines is 1. The summed E-state index contributed by atoms with van der Waals surface area (Å²) in [5.41, 5.74) is 2.73. The molecule has 0 bridgehead atoms. The second-order valence-corrected chi connectivity index (χ2v) is 5.44. The summed E-state index contributed by atoms with van der Waals surface area (Å²) in [4.78, 5) is 10.6. The molecule has 0 spiro atoms. The predicted octanol–water partition coefficient (Wildman–Crippen LogP) is 3.33. The predicted molar refractivity (Wildman–Crippen MR) is 83.6 cm³/mol. The van der Waals surface area contributed by atoms with Gasteiger partial charge in [-0.1, -0.05) is 12.1 Å². The van der Waals surface area contributed by atoms with Crippen molar-refractivity contribution in [1.29, 1.82) is 0 Å². The first-order valence-corrected chi connectivity index (χ1v) is 7.15. The van der Waals surface area contributed by atoms with E-state index in [1.165, 1.54) is 0 Å². The van der Waals surface area contributed by atoms with Crippen molar-refractivity contribution in [3.8, 4) is 0 Å². The molecule has 0 fully saturated rings. The molecule has 0 radical (unpaired) electrons. The maximum absolute atomic E-state index is 5.27. The molecule has 0 saturated carbocycles. The summed E-state index contributed by atoms with van der Waals surface area (Å²) < 4.78 is 6.12.